The summed E-state index contributed by atoms with van der Waals surface area (Å²) >= 11 is 0. The highest BCUT2D eigenvalue weighted by Crippen LogP contribution is 2.28. The van der Waals surface area contributed by atoms with Gasteiger partial charge in [-0.05, 0) is 43.5 Å². The van der Waals surface area contributed by atoms with Gasteiger partial charge in [0.2, 0.25) is 0 Å². The highest BCUT2D eigenvalue weighted by atomic mass is 19.2. The van der Waals surface area contributed by atoms with Crippen molar-refractivity contribution in [2.45, 2.75) is 25.6 Å². The third kappa shape index (κ3) is 4.50. The summed E-state index contributed by atoms with van der Waals surface area (Å²) in [6, 6.07) is 7.33. The van der Waals surface area contributed by atoms with E-state index >= 15 is 0 Å². The molecular weight excluding hydrogens is 324 g/mol. The van der Waals surface area contributed by atoms with Gasteiger partial charge in [-0.1, -0.05) is 12.1 Å². The molecule has 1 aliphatic heterocycles. The summed E-state index contributed by atoms with van der Waals surface area (Å²) in [6.45, 7) is 5.04. The van der Waals surface area contributed by atoms with E-state index in [-0.39, 0.29) is 0 Å². The van der Waals surface area contributed by atoms with Gasteiger partial charge in [0.1, 0.15) is 0 Å². The summed E-state index contributed by atoms with van der Waals surface area (Å²) in [5.74, 6) is -1.34. The third-order valence-electron chi connectivity index (χ3n) is 4.26. The van der Waals surface area contributed by atoms with Crippen LogP contribution in [0, 0.1) is 17.6 Å². The number of hydrogen-bond acceptors (Lipinski definition) is 3. The number of ether oxygens (including phenoxy) is 2. The predicted octanol–water partition coefficient (Wildman–Crippen LogP) is 5.04. The van der Waals surface area contributed by atoms with E-state index in [1.807, 2.05) is 12.1 Å². The van der Waals surface area contributed by atoms with Crippen LogP contribution in [0.15, 0.2) is 49.2 Å². The van der Waals surface area contributed by atoms with Crippen molar-refractivity contribution in [3.05, 3.63) is 66.4 Å². The molecule has 0 atom stereocenters. The van der Waals surface area contributed by atoms with Gasteiger partial charge in [-0.15, -0.1) is 6.58 Å². The van der Waals surface area contributed by atoms with Crippen molar-refractivity contribution in [2.75, 3.05) is 13.2 Å². The molecule has 1 aromatic carbocycles. The molecule has 1 fully saturated rings. The van der Waals surface area contributed by atoms with Crippen molar-refractivity contribution in [2.24, 2.45) is 5.92 Å². The number of aromatic nitrogens is 1. The van der Waals surface area contributed by atoms with Gasteiger partial charge in [0.05, 0.1) is 18.9 Å². The van der Waals surface area contributed by atoms with Crippen LogP contribution in [0.25, 0.3) is 11.3 Å². The Hall–Kier alpha value is -2.11. The maximum absolute atomic E-state index is 13.3. The Morgan fingerprint density at radius 2 is 1.92 bits per heavy atom. The molecule has 1 aliphatic rings. The van der Waals surface area contributed by atoms with E-state index in [0.717, 1.165) is 37.0 Å². The first-order valence-electron chi connectivity index (χ1n) is 8.43. The van der Waals surface area contributed by atoms with Crippen molar-refractivity contribution in [3.8, 4) is 11.3 Å². The summed E-state index contributed by atoms with van der Waals surface area (Å²) in [5, 5.41) is 0. The molecule has 5 heteroatoms. The fourth-order valence-electron chi connectivity index (χ4n) is 2.82. The lowest BCUT2D eigenvalue weighted by molar-refractivity contribution is -0.206. The van der Waals surface area contributed by atoms with Gasteiger partial charge in [-0.2, -0.15) is 0 Å². The van der Waals surface area contributed by atoms with Gasteiger partial charge in [-0.25, -0.2) is 8.78 Å². The minimum atomic E-state index is -0.884. The average Bonchev–Trinajstić information content (AvgIpc) is 2.65. The average molecular weight is 345 g/mol. The first-order chi connectivity index (χ1) is 12.2. The molecule has 0 N–H and O–H groups in total. The van der Waals surface area contributed by atoms with Crippen molar-refractivity contribution in [1.29, 1.82) is 0 Å². The van der Waals surface area contributed by atoms with Crippen molar-refractivity contribution < 1.29 is 18.3 Å². The van der Waals surface area contributed by atoms with E-state index in [1.165, 1.54) is 6.07 Å². The topological polar surface area (TPSA) is 31.4 Å². The van der Waals surface area contributed by atoms with Crippen molar-refractivity contribution >= 4 is 0 Å². The second kappa shape index (κ2) is 8.32. The molecule has 25 heavy (non-hydrogen) atoms. The molecule has 0 unspecified atom stereocenters. The highest BCUT2D eigenvalue weighted by molar-refractivity contribution is 5.59. The molecule has 0 radical (unpaired) electrons. The Kier molecular flexibility index (Phi) is 5.89. The molecule has 0 amide bonds. The van der Waals surface area contributed by atoms with Gasteiger partial charge in [0.25, 0.3) is 0 Å². The highest BCUT2D eigenvalue weighted by Gasteiger charge is 2.23. The van der Waals surface area contributed by atoms with Crippen molar-refractivity contribution in [1.82, 2.24) is 4.98 Å². The lowest BCUT2D eigenvalue weighted by Gasteiger charge is -2.29. The molecule has 0 spiro atoms. The minimum Gasteiger partial charge on any atom is -0.348 e. The molecule has 1 saturated heterocycles. The molecule has 0 aliphatic carbocycles. The van der Waals surface area contributed by atoms with Gasteiger partial charge in [0.15, 0.2) is 17.9 Å². The minimum absolute atomic E-state index is 0.408. The van der Waals surface area contributed by atoms with Gasteiger partial charge in [0, 0.05) is 23.2 Å². The summed E-state index contributed by atoms with van der Waals surface area (Å²) < 4.78 is 37.9. The third-order valence-corrected chi connectivity index (χ3v) is 4.26. The van der Waals surface area contributed by atoms with Crippen LogP contribution >= 0.6 is 0 Å². The fourth-order valence-corrected chi connectivity index (χ4v) is 2.82. The standard InChI is InChI=1S/C20H21F2NO2/c1-2-3-4-5-14-12-24-20(25-13-14)16-7-9-19(23-11-16)15-6-8-17(21)18(22)10-15/h2,6-11,14,20H,1,3-5,12-13H2/t14-,20-. The number of nitrogens with zero attached hydrogens (tertiary/aromatic N) is 1. The Labute approximate surface area is 146 Å². The lowest BCUT2D eigenvalue weighted by atomic mass is 10.0. The van der Waals surface area contributed by atoms with Crippen LogP contribution in [-0.2, 0) is 9.47 Å². The molecule has 3 rings (SSSR count). The van der Waals surface area contributed by atoms with Gasteiger partial charge >= 0.3 is 0 Å². The van der Waals surface area contributed by atoms with Crippen LogP contribution in [0.5, 0.6) is 0 Å². The molecule has 0 saturated carbocycles. The number of hydrogen-bond donors (Lipinski definition) is 0. The molecule has 0 bridgehead atoms. The van der Waals surface area contributed by atoms with Crippen LogP contribution in [0.1, 0.15) is 31.1 Å². The number of halogens is 2. The maximum atomic E-state index is 13.3. The van der Waals surface area contributed by atoms with E-state index in [9.17, 15) is 8.78 Å². The largest absolute Gasteiger partial charge is 0.348 e. The van der Waals surface area contributed by atoms with E-state index in [1.54, 1.807) is 12.3 Å². The molecule has 2 heterocycles. The first-order valence-corrected chi connectivity index (χ1v) is 8.43. The molecule has 132 valence electrons. The molecule has 2 aromatic rings. The van der Waals surface area contributed by atoms with Gasteiger partial charge < -0.3 is 9.47 Å². The number of benzene rings is 1. The lowest BCUT2D eigenvalue weighted by Crippen LogP contribution is -2.27. The zero-order chi connectivity index (χ0) is 17.6. The fraction of sp³-hybridized carbons (Fsp3) is 0.350. The van der Waals surface area contributed by atoms with Crippen LogP contribution in [-0.4, -0.2) is 18.2 Å². The summed E-state index contributed by atoms with van der Waals surface area (Å²) in [6.07, 6.45) is 6.31. The van der Waals surface area contributed by atoms with Crippen LogP contribution in [0.3, 0.4) is 0 Å². The van der Waals surface area contributed by atoms with Crippen LogP contribution in [0.4, 0.5) is 8.78 Å². The normalized spacial score (nSPS) is 20.4. The number of pyridine rings is 1. The van der Waals surface area contributed by atoms with E-state index in [0.29, 0.717) is 30.4 Å². The predicted molar refractivity (Wildman–Crippen MR) is 91.8 cm³/mol. The van der Waals surface area contributed by atoms with E-state index in [4.69, 9.17) is 9.47 Å². The Balaban J connectivity index is 1.59. The summed E-state index contributed by atoms with van der Waals surface area (Å²) in [7, 11) is 0. The van der Waals surface area contributed by atoms with Crippen molar-refractivity contribution in [3.63, 3.8) is 0 Å². The quantitative estimate of drug-likeness (QED) is 0.543. The summed E-state index contributed by atoms with van der Waals surface area (Å²) in [4.78, 5) is 4.31. The van der Waals surface area contributed by atoms with E-state index < -0.39 is 17.9 Å². The zero-order valence-corrected chi connectivity index (χ0v) is 14.0. The SMILES string of the molecule is C=CCCC[C@H]1CO[C@H](c2ccc(-c3ccc(F)c(F)c3)nc2)OC1. The van der Waals surface area contributed by atoms with E-state index in [2.05, 4.69) is 11.6 Å². The number of rotatable bonds is 6. The smallest absolute Gasteiger partial charge is 0.185 e. The molecule has 1 aromatic heterocycles. The number of allylic oxidation sites excluding steroid dienone is 1. The maximum Gasteiger partial charge on any atom is 0.185 e. The Bertz CT molecular complexity index is 710. The second-order valence-electron chi connectivity index (χ2n) is 6.19. The summed E-state index contributed by atoms with van der Waals surface area (Å²) in [5.41, 5.74) is 1.91. The molecule has 3 nitrogen and oxygen atoms in total. The number of unbranched alkanes of at least 4 members (excludes halogenated alkanes) is 1. The first kappa shape index (κ1) is 17.7. The molecular formula is C20H21F2NO2. The Morgan fingerprint density at radius 3 is 2.56 bits per heavy atom. The van der Waals surface area contributed by atoms with Gasteiger partial charge in [-0.3, -0.25) is 4.98 Å². The van der Waals surface area contributed by atoms with Crippen LogP contribution in [0.2, 0.25) is 0 Å². The zero-order valence-electron chi connectivity index (χ0n) is 14.0. The second-order valence-corrected chi connectivity index (χ2v) is 6.19. The monoisotopic (exact) mass is 345 g/mol. The Morgan fingerprint density at radius 1 is 1.12 bits per heavy atom. The van der Waals surface area contributed by atoms with Crippen LogP contribution < -0.4 is 0 Å².